The second-order valence-electron chi connectivity index (χ2n) is 5.45. The predicted molar refractivity (Wildman–Crippen MR) is 110 cm³/mol. The molecule has 2 heterocycles. The van der Waals surface area contributed by atoms with Crippen molar-refractivity contribution in [3.63, 3.8) is 0 Å². The Morgan fingerprint density at radius 2 is 2.12 bits per heavy atom. The van der Waals surface area contributed by atoms with E-state index in [2.05, 4.69) is 29.8 Å². The van der Waals surface area contributed by atoms with Crippen LogP contribution in [-0.2, 0) is 4.84 Å². The molecule has 0 bridgehead atoms. The van der Waals surface area contributed by atoms with Gasteiger partial charge in [-0.15, -0.1) is 11.3 Å². The first-order valence-electron chi connectivity index (χ1n) is 7.88. The van der Waals surface area contributed by atoms with Gasteiger partial charge in [-0.25, -0.2) is 15.0 Å². The highest BCUT2D eigenvalue weighted by molar-refractivity contribution is 8.03. The van der Waals surface area contributed by atoms with Gasteiger partial charge >= 0.3 is 0 Å². The highest BCUT2D eigenvalue weighted by Gasteiger charge is 2.25. The fourth-order valence-electron chi connectivity index (χ4n) is 2.69. The van der Waals surface area contributed by atoms with Gasteiger partial charge in [0, 0.05) is 16.7 Å². The molecule has 4 rings (SSSR count). The van der Waals surface area contributed by atoms with Gasteiger partial charge in [0.25, 0.3) is 0 Å². The van der Waals surface area contributed by atoms with Crippen LogP contribution in [0, 0.1) is 0 Å². The Bertz CT molecular complexity index is 1020. The number of rotatable bonds is 4. The Kier molecular flexibility index (Phi) is 4.50. The average molecular weight is 380 g/mol. The van der Waals surface area contributed by atoms with E-state index in [-0.39, 0.29) is 0 Å². The van der Waals surface area contributed by atoms with Gasteiger partial charge in [-0.3, -0.25) is 4.84 Å². The summed E-state index contributed by atoms with van der Waals surface area (Å²) < 4.78 is 1.17. The monoisotopic (exact) mass is 380 g/mol. The fourth-order valence-corrected chi connectivity index (χ4v) is 4.50. The topological polar surface area (TPSA) is 63.7 Å². The lowest BCUT2D eigenvalue weighted by molar-refractivity contribution is 0.185. The molecule has 0 amide bonds. The summed E-state index contributed by atoms with van der Waals surface area (Å²) in [4.78, 5) is 15.7. The Morgan fingerprint density at radius 1 is 1.27 bits per heavy atom. The third-order valence-electron chi connectivity index (χ3n) is 3.84. The molecule has 0 saturated heterocycles. The largest absolute Gasteiger partial charge is 0.390 e. The van der Waals surface area contributed by atoms with E-state index in [1.807, 2.05) is 24.3 Å². The van der Waals surface area contributed by atoms with Crippen molar-refractivity contribution in [1.82, 2.24) is 4.98 Å². The van der Waals surface area contributed by atoms with Gasteiger partial charge in [0.2, 0.25) is 0 Å². The van der Waals surface area contributed by atoms with E-state index in [4.69, 9.17) is 15.6 Å². The van der Waals surface area contributed by atoms with Crippen molar-refractivity contribution in [2.75, 3.05) is 12.2 Å². The first-order valence-corrected chi connectivity index (χ1v) is 9.51. The molecule has 2 aromatic carbocycles. The lowest BCUT2D eigenvalue weighted by Gasteiger charge is -2.29. The molecule has 0 fully saturated rings. The third kappa shape index (κ3) is 2.90. The first-order chi connectivity index (χ1) is 12.7. The van der Waals surface area contributed by atoms with Gasteiger partial charge in [0.05, 0.1) is 23.0 Å². The van der Waals surface area contributed by atoms with Crippen LogP contribution in [0.15, 0.2) is 75.9 Å². The summed E-state index contributed by atoms with van der Waals surface area (Å²) in [6.07, 6.45) is 3.20. The molecule has 0 aliphatic carbocycles. The van der Waals surface area contributed by atoms with Gasteiger partial charge < -0.3 is 5.73 Å². The van der Waals surface area contributed by atoms with Crippen molar-refractivity contribution in [1.29, 1.82) is 0 Å². The van der Waals surface area contributed by atoms with Gasteiger partial charge in [0.1, 0.15) is 10.0 Å². The number of nitrogens with zero attached hydrogens (tertiary/aromatic N) is 3. The minimum absolute atomic E-state index is 0.548. The molecule has 0 saturated carbocycles. The molecular formula is C19H16N4OS2. The maximum atomic E-state index is 6.16. The number of thiazole rings is 1. The Hall–Kier alpha value is -2.61. The third-order valence-corrected chi connectivity index (χ3v) is 5.89. The van der Waals surface area contributed by atoms with Crippen molar-refractivity contribution in [3.8, 4) is 10.6 Å². The SMILES string of the molecule is C=C/C=N\C1=C(N)Sc2ccc(-c3nc4ccccc4s3)cc2N1OC. The Labute approximate surface area is 159 Å². The van der Waals surface area contributed by atoms with Gasteiger partial charge in [0.15, 0.2) is 5.82 Å². The van der Waals surface area contributed by atoms with Crippen LogP contribution in [0.1, 0.15) is 0 Å². The molecule has 3 aromatic rings. The van der Waals surface area contributed by atoms with Crippen LogP contribution in [0.25, 0.3) is 20.8 Å². The zero-order valence-electron chi connectivity index (χ0n) is 14.0. The summed E-state index contributed by atoms with van der Waals surface area (Å²) in [6, 6.07) is 14.3. The number of aliphatic imine (C=N–C) groups is 1. The van der Waals surface area contributed by atoms with E-state index in [1.165, 1.54) is 16.5 Å². The molecule has 2 N–H and O–H groups in total. The first kappa shape index (κ1) is 16.8. The zero-order valence-corrected chi connectivity index (χ0v) is 15.7. The predicted octanol–water partition coefficient (Wildman–Crippen LogP) is 4.78. The van der Waals surface area contributed by atoms with E-state index >= 15 is 0 Å². The lowest BCUT2D eigenvalue weighted by Crippen LogP contribution is -2.26. The summed E-state index contributed by atoms with van der Waals surface area (Å²) in [5.74, 6) is 0.548. The molecule has 130 valence electrons. The van der Waals surface area contributed by atoms with Crippen LogP contribution in [-0.4, -0.2) is 18.3 Å². The van der Waals surface area contributed by atoms with Gasteiger partial charge in [-0.1, -0.05) is 42.6 Å². The number of allylic oxidation sites excluding steroid dienone is 1. The van der Waals surface area contributed by atoms with E-state index in [1.54, 1.807) is 35.8 Å². The molecule has 7 heteroatoms. The number of thioether (sulfide) groups is 1. The molecule has 0 unspecified atom stereocenters. The van der Waals surface area contributed by atoms with Crippen molar-refractivity contribution in [3.05, 3.63) is 66.0 Å². The van der Waals surface area contributed by atoms with Gasteiger partial charge in [-0.05, 0) is 24.3 Å². The van der Waals surface area contributed by atoms with Crippen LogP contribution in [0.4, 0.5) is 5.69 Å². The van der Waals surface area contributed by atoms with Crippen molar-refractivity contribution >= 4 is 45.2 Å². The highest BCUT2D eigenvalue weighted by Crippen LogP contribution is 2.44. The van der Waals surface area contributed by atoms with E-state index in [9.17, 15) is 0 Å². The summed E-state index contributed by atoms with van der Waals surface area (Å²) in [6.45, 7) is 3.65. The molecule has 1 aromatic heterocycles. The molecule has 1 aliphatic heterocycles. The van der Waals surface area contributed by atoms with Crippen LogP contribution >= 0.6 is 23.1 Å². The molecule has 1 aliphatic rings. The Balaban J connectivity index is 1.80. The maximum Gasteiger partial charge on any atom is 0.188 e. The van der Waals surface area contributed by atoms with Crippen molar-refractivity contribution < 1.29 is 4.84 Å². The molecule has 5 nitrogen and oxygen atoms in total. The number of hydrogen-bond acceptors (Lipinski definition) is 7. The minimum atomic E-state index is 0.548. The summed E-state index contributed by atoms with van der Waals surface area (Å²) in [7, 11) is 1.60. The second-order valence-corrected chi connectivity index (χ2v) is 7.56. The summed E-state index contributed by atoms with van der Waals surface area (Å²) >= 11 is 3.14. The molecule has 0 spiro atoms. The van der Waals surface area contributed by atoms with E-state index in [0.717, 1.165) is 26.7 Å². The molecular weight excluding hydrogens is 364 g/mol. The van der Waals surface area contributed by atoms with E-state index in [0.29, 0.717) is 10.9 Å². The quantitative estimate of drug-likeness (QED) is 0.660. The number of nitrogens with two attached hydrogens (primary N) is 1. The number of aromatic nitrogens is 1. The number of anilines is 1. The molecule has 0 atom stereocenters. The summed E-state index contributed by atoms with van der Waals surface area (Å²) in [5.41, 5.74) is 9.08. The Morgan fingerprint density at radius 3 is 2.88 bits per heavy atom. The van der Waals surface area contributed by atoms with Crippen molar-refractivity contribution in [2.24, 2.45) is 10.7 Å². The zero-order chi connectivity index (χ0) is 18.1. The van der Waals surface area contributed by atoms with Crippen molar-refractivity contribution in [2.45, 2.75) is 4.90 Å². The standard InChI is InChI=1S/C19H16N4OS2/c1-3-10-21-18-17(20)25-16-9-8-12(11-14(16)23(18)24-2)19-22-13-6-4-5-7-15(13)26-19/h3-11H,1,20H2,2H3/b21-10-. The molecule has 26 heavy (non-hydrogen) atoms. The molecule has 0 radical (unpaired) electrons. The number of hydroxylamine groups is 1. The van der Waals surface area contributed by atoms with Crippen LogP contribution in [0.5, 0.6) is 0 Å². The lowest BCUT2D eigenvalue weighted by atomic mass is 10.2. The number of hydrogen-bond donors (Lipinski definition) is 1. The number of benzene rings is 2. The van der Waals surface area contributed by atoms with Crippen LogP contribution < -0.4 is 10.8 Å². The normalized spacial score (nSPS) is 14.3. The number of fused-ring (bicyclic) bond motifs is 2. The van der Waals surface area contributed by atoms with Crippen LogP contribution in [0.2, 0.25) is 0 Å². The maximum absolute atomic E-state index is 6.16. The second kappa shape index (κ2) is 6.95. The smallest absolute Gasteiger partial charge is 0.188 e. The highest BCUT2D eigenvalue weighted by atomic mass is 32.2. The average Bonchev–Trinajstić information content (AvgIpc) is 3.10. The summed E-state index contributed by atoms with van der Waals surface area (Å²) in [5, 5.41) is 3.18. The van der Waals surface area contributed by atoms with E-state index < -0.39 is 0 Å². The number of para-hydroxylation sites is 1. The minimum Gasteiger partial charge on any atom is -0.390 e. The van der Waals surface area contributed by atoms with Gasteiger partial charge in [-0.2, -0.15) is 0 Å². The van der Waals surface area contributed by atoms with Crippen LogP contribution in [0.3, 0.4) is 0 Å². The fraction of sp³-hybridized carbons (Fsp3) is 0.0526.